The van der Waals surface area contributed by atoms with Gasteiger partial charge < -0.3 is 10.5 Å². The summed E-state index contributed by atoms with van der Waals surface area (Å²) in [7, 11) is 0. The SMILES string of the molecule is Cc1cc(CC(C)N)cnc1Oc1cc(C)c(Br)c(C)c1. The summed E-state index contributed by atoms with van der Waals surface area (Å²) in [5.74, 6) is 1.45. The first kappa shape index (κ1) is 16.0. The van der Waals surface area contributed by atoms with Gasteiger partial charge in [-0.15, -0.1) is 0 Å². The highest BCUT2D eigenvalue weighted by atomic mass is 79.9. The summed E-state index contributed by atoms with van der Waals surface area (Å²) in [5.41, 5.74) is 10.3. The van der Waals surface area contributed by atoms with Crippen LogP contribution in [0.5, 0.6) is 11.6 Å². The fraction of sp³-hybridized carbons (Fsp3) is 0.353. The van der Waals surface area contributed by atoms with Crippen molar-refractivity contribution >= 4 is 15.9 Å². The van der Waals surface area contributed by atoms with Crippen LogP contribution in [0.2, 0.25) is 0 Å². The zero-order valence-corrected chi connectivity index (χ0v) is 14.5. The average molecular weight is 349 g/mol. The number of aryl methyl sites for hydroxylation is 3. The van der Waals surface area contributed by atoms with Crippen molar-refractivity contribution in [3.8, 4) is 11.6 Å². The number of rotatable bonds is 4. The molecule has 112 valence electrons. The van der Waals surface area contributed by atoms with Crippen LogP contribution in [0.1, 0.15) is 29.2 Å². The van der Waals surface area contributed by atoms with Crippen LogP contribution in [0.15, 0.2) is 28.9 Å². The van der Waals surface area contributed by atoms with Crippen molar-refractivity contribution in [1.82, 2.24) is 4.98 Å². The molecule has 0 saturated heterocycles. The molecule has 0 spiro atoms. The van der Waals surface area contributed by atoms with Crippen LogP contribution in [0.25, 0.3) is 0 Å². The third-order valence-corrected chi connectivity index (χ3v) is 4.52. The molecule has 2 aromatic rings. The minimum Gasteiger partial charge on any atom is -0.439 e. The molecule has 0 aliphatic carbocycles. The van der Waals surface area contributed by atoms with Gasteiger partial charge in [0.2, 0.25) is 5.88 Å². The zero-order valence-electron chi connectivity index (χ0n) is 12.9. The van der Waals surface area contributed by atoms with E-state index >= 15 is 0 Å². The molecule has 0 aliphatic heterocycles. The van der Waals surface area contributed by atoms with Gasteiger partial charge in [-0.1, -0.05) is 15.9 Å². The molecule has 1 aromatic heterocycles. The molecule has 21 heavy (non-hydrogen) atoms. The van der Waals surface area contributed by atoms with Crippen molar-refractivity contribution in [2.45, 2.75) is 40.2 Å². The summed E-state index contributed by atoms with van der Waals surface area (Å²) in [6.45, 7) is 8.10. The highest BCUT2D eigenvalue weighted by molar-refractivity contribution is 9.10. The van der Waals surface area contributed by atoms with Gasteiger partial charge in [-0.2, -0.15) is 0 Å². The number of nitrogens with zero attached hydrogens (tertiary/aromatic N) is 1. The Hall–Kier alpha value is -1.39. The van der Waals surface area contributed by atoms with Gasteiger partial charge in [0.15, 0.2) is 0 Å². The van der Waals surface area contributed by atoms with E-state index in [4.69, 9.17) is 10.5 Å². The van der Waals surface area contributed by atoms with Gasteiger partial charge in [0.25, 0.3) is 0 Å². The van der Waals surface area contributed by atoms with Crippen molar-refractivity contribution < 1.29 is 4.74 Å². The van der Waals surface area contributed by atoms with Gasteiger partial charge in [-0.25, -0.2) is 4.98 Å². The lowest BCUT2D eigenvalue weighted by Crippen LogP contribution is -2.17. The Kier molecular flexibility index (Phi) is 5.01. The van der Waals surface area contributed by atoms with E-state index in [-0.39, 0.29) is 6.04 Å². The standard InChI is InChI=1S/C17H21BrN2O/c1-10-6-15(7-11(2)16(10)18)21-17-12(3)5-14(9-20-17)8-13(4)19/h5-7,9,13H,8,19H2,1-4H3. The van der Waals surface area contributed by atoms with Crippen molar-refractivity contribution in [2.75, 3.05) is 0 Å². The van der Waals surface area contributed by atoms with Gasteiger partial charge in [0.05, 0.1) is 0 Å². The Labute approximate surface area is 134 Å². The predicted octanol–water partition coefficient (Wildman–Crippen LogP) is 4.45. The van der Waals surface area contributed by atoms with Crippen LogP contribution < -0.4 is 10.5 Å². The lowest BCUT2D eigenvalue weighted by Gasteiger charge is -2.12. The van der Waals surface area contributed by atoms with E-state index in [0.717, 1.165) is 38.9 Å². The third-order valence-electron chi connectivity index (χ3n) is 3.27. The number of hydrogen-bond donors (Lipinski definition) is 1. The van der Waals surface area contributed by atoms with Crippen molar-refractivity contribution in [1.29, 1.82) is 0 Å². The number of halogens is 1. The first-order valence-corrected chi connectivity index (χ1v) is 7.82. The van der Waals surface area contributed by atoms with Crippen molar-refractivity contribution in [3.05, 3.63) is 51.1 Å². The smallest absolute Gasteiger partial charge is 0.222 e. The summed E-state index contributed by atoms with van der Waals surface area (Å²) in [4.78, 5) is 4.42. The van der Waals surface area contributed by atoms with E-state index in [1.54, 1.807) is 0 Å². The van der Waals surface area contributed by atoms with E-state index in [2.05, 4.69) is 40.8 Å². The van der Waals surface area contributed by atoms with Gasteiger partial charge >= 0.3 is 0 Å². The van der Waals surface area contributed by atoms with E-state index in [9.17, 15) is 0 Å². The minimum absolute atomic E-state index is 0.134. The van der Waals surface area contributed by atoms with Crippen LogP contribution in [0, 0.1) is 20.8 Å². The second-order valence-corrected chi connectivity index (χ2v) is 6.41. The summed E-state index contributed by atoms with van der Waals surface area (Å²) in [6, 6.07) is 6.24. The Morgan fingerprint density at radius 1 is 1.14 bits per heavy atom. The van der Waals surface area contributed by atoms with Gasteiger partial charge in [-0.05, 0) is 69.0 Å². The molecule has 2 rings (SSSR count). The molecule has 2 N–H and O–H groups in total. The van der Waals surface area contributed by atoms with Crippen molar-refractivity contribution in [3.63, 3.8) is 0 Å². The molecular weight excluding hydrogens is 328 g/mol. The van der Waals surface area contributed by atoms with Crippen LogP contribution in [-0.4, -0.2) is 11.0 Å². The lowest BCUT2D eigenvalue weighted by molar-refractivity contribution is 0.457. The molecule has 0 bridgehead atoms. The molecule has 0 radical (unpaired) electrons. The number of pyridine rings is 1. The van der Waals surface area contributed by atoms with E-state index in [1.807, 2.05) is 32.2 Å². The second kappa shape index (κ2) is 6.58. The van der Waals surface area contributed by atoms with Crippen LogP contribution in [0.3, 0.4) is 0 Å². The van der Waals surface area contributed by atoms with Gasteiger partial charge in [0.1, 0.15) is 5.75 Å². The topological polar surface area (TPSA) is 48.1 Å². The number of hydrogen-bond acceptors (Lipinski definition) is 3. The van der Waals surface area contributed by atoms with Crippen LogP contribution in [0.4, 0.5) is 0 Å². The normalized spacial score (nSPS) is 12.3. The predicted molar refractivity (Wildman–Crippen MR) is 90.0 cm³/mol. The van der Waals surface area contributed by atoms with Crippen molar-refractivity contribution in [2.24, 2.45) is 5.73 Å². The molecule has 1 unspecified atom stereocenters. The highest BCUT2D eigenvalue weighted by Gasteiger charge is 2.08. The quantitative estimate of drug-likeness (QED) is 0.887. The molecule has 4 heteroatoms. The Bertz CT molecular complexity index is 630. The monoisotopic (exact) mass is 348 g/mol. The molecule has 1 heterocycles. The molecule has 0 fully saturated rings. The first-order chi connectivity index (χ1) is 9.86. The highest BCUT2D eigenvalue weighted by Crippen LogP contribution is 2.30. The second-order valence-electron chi connectivity index (χ2n) is 5.62. The van der Waals surface area contributed by atoms with E-state index in [1.165, 1.54) is 0 Å². The maximum absolute atomic E-state index is 5.92. The maximum Gasteiger partial charge on any atom is 0.222 e. The number of nitrogens with two attached hydrogens (primary N) is 1. The first-order valence-electron chi connectivity index (χ1n) is 7.02. The van der Waals surface area contributed by atoms with E-state index in [0.29, 0.717) is 5.88 Å². The fourth-order valence-electron chi connectivity index (χ4n) is 2.29. The minimum atomic E-state index is 0.134. The average Bonchev–Trinajstić information content (AvgIpc) is 2.38. The maximum atomic E-state index is 5.92. The molecule has 3 nitrogen and oxygen atoms in total. The summed E-state index contributed by atoms with van der Waals surface area (Å²) in [6.07, 6.45) is 2.66. The Morgan fingerprint density at radius 2 is 1.76 bits per heavy atom. The fourth-order valence-corrected chi connectivity index (χ4v) is 2.52. The Balaban J connectivity index is 2.24. The third kappa shape index (κ3) is 4.05. The Morgan fingerprint density at radius 3 is 2.29 bits per heavy atom. The largest absolute Gasteiger partial charge is 0.439 e. The van der Waals surface area contributed by atoms with Gasteiger partial charge in [-0.3, -0.25) is 0 Å². The molecule has 1 atom stereocenters. The van der Waals surface area contributed by atoms with Crippen LogP contribution >= 0.6 is 15.9 Å². The summed E-state index contributed by atoms with van der Waals surface area (Å²) in [5, 5.41) is 0. The molecule has 0 amide bonds. The number of benzene rings is 1. The van der Waals surface area contributed by atoms with Crippen LogP contribution in [-0.2, 0) is 6.42 Å². The molecule has 0 aliphatic rings. The summed E-state index contributed by atoms with van der Waals surface area (Å²) < 4.78 is 7.04. The zero-order chi connectivity index (χ0) is 15.6. The number of aromatic nitrogens is 1. The summed E-state index contributed by atoms with van der Waals surface area (Å²) >= 11 is 3.56. The molecule has 1 aromatic carbocycles. The molecule has 0 saturated carbocycles. The molecular formula is C17H21BrN2O. The van der Waals surface area contributed by atoms with E-state index < -0.39 is 0 Å². The lowest BCUT2D eigenvalue weighted by atomic mass is 10.1. The van der Waals surface area contributed by atoms with Gasteiger partial charge in [0, 0.05) is 22.3 Å². The number of ether oxygens (including phenoxy) is 1.